The predicted octanol–water partition coefficient (Wildman–Crippen LogP) is 1.13. The average Bonchev–Trinajstić information content (AvgIpc) is 3.11. The highest BCUT2D eigenvalue weighted by atomic mass is 16.5. The smallest absolute Gasteiger partial charge is 0.270 e. The monoisotopic (exact) mass is 319 g/mol. The lowest BCUT2D eigenvalue weighted by Gasteiger charge is -2.38. The average molecular weight is 319 g/mol. The number of piperidine rings is 1. The fraction of sp³-hybridized carbons (Fsp3) is 0.647. The van der Waals surface area contributed by atoms with E-state index in [-0.39, 0.29) is 17.2 Å². The van der Waals surface area contributed by atoms with Crippen LogP contribution in [0.15, 0.2) is 18.3 Å². The number of aromatic nitrogens is 1. The summed E-state index contributed by atoms with van der Waals surface area (Å²) in [5.74, 6) is 0.314. The third-order valence-electron chi connectivity index (χ3n) is 5.34. The van der Waals surface area contributed by atoms with Crippen LogP contribution in [-0.4, -0.2) is 66.1 Å². The summed E-state index contributed by atoms with van der Waals surface area (Å²) in [4.78, 5) is 29.1. The van der Waals surface area contributed by atoms with Gasteiger partial charge in [0, 0.05) is 46.5 Å². The van der Waals surface area contributed by atoms with Gasteiger partial charge in [-0.05, 0) is 31.4 Å². The highest BCUT2D eigenvalue weighted by Crippen LogP contribution is 2.41. The van der Waals surface area contributed by atoms with E-state index in [1.54, 1.807) is 7.11 Å². The van der Waals surface area contributed by atoms with Crippen molar-refractivity contribution >= 4 is 11.8 Å². The van der Waals surface area contributed by atoms with Crippen LogP contribution in [0.5, 0.6) is 0 Å². The van der Waals surface area contributed by atoms with E-state index >= 15 is 0 Å². The lowest BCUT2D eigenvalue weighted by Crippen LogP contribution is -2.47. The molecule has 3 rings (SSSR count). The van der Waals surface area contributed by atoms with Gasteiger partial charge in [-0.2, -0.15) is 0 Å². The molecular weight excluding hydrogens is 294 g/mol. The van der Waals surface area contributed by atoms with Crippen LogP contribution in [0.25, 0.3) is 0 Å². The maximum atomic E-state index is 12.7. The van der Waals surface area contributed by atoms with Crippen LogP contribution >= 0.6 is 0 Å². The van der Waals surface area contributed by atoms with E-state index in [1.165, 1.54) is 0 Å². The molecule has 2 fully saturated rings. The zero-order valence-corrected chi connectivity index (χ0v) is 14.0. The molecule has 2 aliphatic heterocycles. The Kier molecular flexibility index (Phi) is 4.43. The van der Waals surface area contributed by atoms with Crippen molar-refractivity contribution in [2.75, 3.05) is 39.9 Å². The second-order valence-electron chi connectivity index (χ2n) is 6.61. The molecule has 2 aliphatic rings. The van der Waals surface area contributed by atoms with Crippen LogP contribution < -0.4 is 0 Å². The first kappa shape index (κ1) is 16.1. The molecular formula is C17H25N3O3. The maximum Gasteiger partial charge on any atom is 0.270 e. The van der Waals surface area contributed by atoms with Crippen molar-refractivity contribution in [3.63, 3.8) is 0 Å². The Labute approximate surface area is 137 Å². The van der Waals surface area contributed by atoms with Gasteiger partial charge in [-0.15, -0.1) is 0 Å². The number of hydrogen-bond acceptors (Lipinski definition) is 3. The second kappa shape index (κ2) is 6.35. The summed E-state index contributed by atoms with van der Waals surface area (Å²) in [6.45, 7) is 3.39. The molecule has 3 heterocycles. The molecule has 1 aromatic heterocycles. The quantitative estimate of drug-likeness (QED) is 0.836. The van der Waals surface area contributed by atoms with Gasteiger partial charge in [0.1, 0.15) is 5.69 Å². The normalized spacial score (nSPS) is 20.5. The van der Waals surface area contributed by atoms with Crippen LogP contribution in [0.2, 0.25) is 0 Å². The summed E-state index contributed by atoms with van der Waals surface area (Å²) >= 11 is 0. The number of carbonyl (C=O) groups is 2. The molecule has 6 nitrogen and oxygen atoms in total. The van der Waals surface area contributed by atoms with Crippen LogP contribution in [0.1, 0.15) is 29.8 Å². The molecule has 126 valence electrons. The molecule has 2 amide bonds. The third kappa shape index (κ3) is 2.87. The molecule has 0 aliphatic carbocycles. The molecule has 0 bridgehead atoms. The Morgan fingerprint density at radius 2 is 1.96 bits per heavy atom. The number of rotatable bonds is 4. The van der Waals surface area contributed by atoms with Crippen molar-refractivity contribution in [1.82, 2.24) is 14.4 Å². The largest absolute Gasteiger partial charge is 0.383 e. The first-order chi connectivity index (χ1) is 11.1. The van der Waals surface area contributed by atoms with Crippen molar-refractivity contribution in [3.8, 4) is 0 Å². The van der Waals surface area contributed by atoms with E-state index in [9.17, 15) is 9.59 Å². The van der Waals surface area contributed by atoms with E-state index in [2.05, 4.69) is 0 Å². The van der Waals surface area contributed by atoms with E-state index in [1.807, 2.05) is 39.7 Å². The Bertz CT molecular complexity index is 588. The Balaban J connectivity index is 1.61. The van der Waals surface area contributed by atoms with E-state index < -0.39 is 0 Å². The molecule has 0 radical (unpaired) electrons. The summed E-state index contributed by atoms with van der Waals surface area (Å²) in [5.41, 5.74) is 0.457. The van der Waals surface area contributed by atoms with Crippen molar-refractivity contribution in [2.24, 2.45) is 12.5 Å². The third-order valence-corrected chi connectivity index (χ3v) is 5.34. The SMILES string of the molecule is COCCN1CCC2(CCN(C(=O)c3cccn3C)CC2)C1=O. The molecule has 0 saturated carbocycles. The topological polar surface area (TPSA) is 54.8 Å². The number of carbonyl (C=O) groups excluding carboxylic acids is 2. The highest BCUT2D eigenvalue weighted by molar-refractivity contribution is 5.93. The van der Waals surface area contributed by atoms with Gasteiger partial charge < -0.3 is 19.1 Å². The second-order valence-corrected chi connectivity index (χ2v) is 6.61. The number of nitrogens with zero attached hydrogens (tertiary/aromatic N) is 3. The van der Waals surface area contributed by atoms with Crippen molar-refractivity contribution in [3.05, 3.63) is 24.0 Å². The number of aryl methyl sites for hydroxylation is 1. The molecule has 0 unspecified atom stereocenters. The summed E-state index contributed by atoms with van der Waals surface area (Å²) in [6.07, 6.45) is 4.32. The van der Waals surface area contributed by atoms with Crippen molar-refractivity contribution < 1.29 is 14.3 Å². The van der Waals surface area contributed by atoms with Crippen LogP contribution in [0.3, 0.4) is 0 Å². The Morgan fingerprint density at radius 3 is 2.57 bits per heavy atom. The minimum absolute atomic E-state index is 0.0639. The molecule has 0 atom stereocenters. The van der Waals surface area contributed by atoms with Gasteiger partial charge in [0.25, 0.3) is 5.91 Å². The molecule has 1 spiro atoms. The Hall–Kier alpha value is -1.82. The van der Waals surface area contributed by atoms with E-state index in [0.29, 0.717) is 31.9 Å². The number of methoxy groups -OCH3 is 1. The lowest BCUT2D eigenvalue weighted by molar-refractivity contribution is -0.138. The highest BCUT2D eigenvalue weighted by Gasteiger charge is 2.48. The fourth-order valence-corrected chi connectivity index (χ4v) is 3.75. The van der Waals surface area contributed by atoms with Crippen LogP contribution in [0.4, 0.5) is 0 Å². The molecule has 1 aromatic rings. The predicted molar refractivity (Wildman–Crippen MR) is 86.1 cm³/mol. The minimum atomic E-state index is -0.251. The van der Waals surface area contributed by atoms with E-state index in [0.717, 1.165) is 25.8 Å². The Morgan fingerprint density at radius 1 is 1.26 bits per heavy atom. The summed E-state index contributed by atoms with van der Waals surface area (Å²) < 4.78 is 6.93. The summed E-state index contributed by atoms with van der Waals surface area (Å²) in [7, 11) is 3.54. The lowest BCUT2D eigenvalue weighted by atomic mass is 9.77. The van der Waals surface area contributed by atoms with Gasteiger partial charge in [0.15, 0.2) is 0 Å². The standard InChI is InChI=1S/C17H25N3O3/c1-18-8-3-4-14(18)15(21)19-9-5-17(6-10-19)7-11-20(16(17)22)12-13-23-2/h3-4,8H,5-7,9-13H2,1-2H3. The zero-order chi connectivity index (χ0) is 16.4. The first-order valence-electron chi connectivity index (χ1n) is 8.26. The molecule has 0 aromatic carbocycles. The van der Waals surface area contributed by atoms with Gasteiger partial charge in [0.2, 0.25) is 5.91 Å². The van der Waals surface area contributed by atoms with Gasteiger partial charge in [-0.1, -0.05) is 0 Å². The van der Waals surface area contributed by atoms with Gasteiger partial charge in [0.05, 0.1) is 12.0 Å². The minimum Gasteiger partial charge on any atom is -0.383 e. The first-order valence-corrected chi connectivity index (χ1v) is 8.26. The van der Waals surface area contributed by atoms with E-state index in [4.69, 9.17) is 4.74 Å². The molecule has 2 saturated heterocycles. The maximum absolute atomic E-state index is 12.7. The number of ether oxygens (including phenoxy) is 1. The number of hydrogen-bond donors (Lipinski definition) is 0. The van der Waals surface area contributed by atoms with Crippen LogP contribution in [0, 0.1) is 5.41 Å². The molecule has 0 N–H and O–H groups in total. The molecule has 23 heavy (non-hydrogen) atoms. The van der Waals surface area contributed by atoms with Crippen LogP contribution in [-0.2, 0) is 16.6 Å². The van der Waals surface area contributed by atoms with Gasteiger partial charge >= 0.3 is 0 Å². The fourth-order valence-electron chi connectivity index (χ4n) is 3.75. The summed E-state index contributed by atoms with van der Waals surface area (Å²) in [6, 6.07) is 3.73. The van der Waals surface area contributed by atoms with Crippen molar-refractivity contribution in [2.45, 2.75) is 19.3 Å². The van der Waals surface area contributed by atoms with Gasteiger partial charge in [-0.3, -0.25) is 9.59 Å². The zero-order valence-electron chi connectivity index (χ0n) is 14.0. The summed E-state index contributed by atoms with van der Waals surface area (Å²) in [5, 5.41) is 0. The number of amides is 2. The van der Waals surface area contributed by atoms with Crippen molar-refractivity contribution in [1.29, 1.82) is 0 Å². The van der Waals surface area contributed by atoms with Gasteiger partial charge in [-0.25, -0.2) is 0 Å². The molecule has 6 heteroatoms. The number of likely N-dealkylation sites (tertiary alicyclic amines) is 2.